The number of ether oxygens (including phenoxy) is 3. The molecule has 2 N–H and O–H groups in total. The monoisotopic (exact) mass is 436 g/mol. The standard InChI is InChI=1S/C20H24N2O7S/c1-5-29-20(24)14-6-8-15(9-7-14)21-19(23)13(2)22-30(25,26)16-10-11-17(27-3)18(12-16)28-4/h6-13,22H,5H2,1-4H3,(H,21,23)/t13-/m1/s1. The molecule has 0 aliphatic rings. The Hall–Kier alpha value is -3.11. The summed E-state index contributed by atoms with van der Waals surface area (Å²) in [5, 5.41) is 2.59. The van der Waals surface area contributed by atoms with Gasteiger partial charge in [0.1, 0.15) is 0 Å². The van der Waals surface area contributed by atoms with Crippen molar-refractivity contribution < 1.29 is 32.2 Å². The van der Waals surface area contributed by atoms with E-state index < -0.39 is 27.9 Å². The summed E-state index contributed by atoms with van der Waals surface area (Å²) in [6, 6.07) is 9.12. The van der Waals surface area contributed by atoms with E-state index in [1.165, 1.54) is 63.6 Å². The van der Waals surface area contributed by atoms with Crippen LogP contribution in [-0.2, 0) is 19.6 Å². The lowest BCUT2D eigenvalue weighted by Gasteiger charge is -2.16. The fourth-order valence-corrected chi connectivity index (χ4v) is 3.71. The number of rotatable bonds is 9. The third-order valence-electron chi connectivity index (χ3n) is 4.05. The van der Waals surface area contributed by atoms with Crippen LogP contribution in [0.25, 0.3) is 0 Å². The lowest BCUT2D eigenvalue weighted by molar-refractivity contribution is -0.117. The number of amides is 1. The predicted molar refractivity (Wildman–Crippen MR) is 110 cm³/mol. The van der Waals surface area contributed by atoms with Crippen LogP contribution in [0.5, 0.6) is 11.5 Å². The predicted octanol–water partition coefficient (Wildman–Crippen LogP) is 2.19. The first-order valence-electron chi connectivity index (χ1n) is 9.04. The van der Waals surface area contributed by atoms with Crippen LogP contribution in [0, 0.1) is 0 Å². The summed E-state index contributed by atoms with van der Waals surface area (Å²) in [7, 11) is -1.15. The highest BCUT2D eigenvalue weighted by atomic mass is 32.2. The fourth-order valence-electron chi connectivity index (χ4n) is 2.49. The zero-order valence-corrected chi connectivity index (χ0v) is 17.9. The van der Waals surface area contributed by atoms with Gasteiger partial charge in [-0.15, -0.1) is 0 Å². The zero-order valence-electron chi connectivity index (χ0n) is 17.1. The quantitative estimate of drug-likeness (QED) is 0.578. The van der Waals surface area contributed by atoms with Crippen molar-refractivity contribution >= 4 is 27.6 Å². The lowest BCUT2D eigenvalue weighted by Crippen LogP contribution is -2.41. The number of carbonyl (C=O) groups excluding carboxylic acids is 2. The molecule has 1 amide bonds. The molecule has 0 saturated carbocycles. The number of anilines is 1. The first-order valence-corrected chi connectivity index (χ1v) is 10.5. The van der Waals surface area contributed by atoms with E-state index in [0.717, 1.165) is 0 Å². The molecule has 0 aromatic heterocycles. The molecule has 0 unspecified atom stereocenters. The molecule has 0 spiro atoms. The highest BCUT2D eigenvalue weighted by Crippen LogP contribution is 2.29. The molecule has 9 nitrogen and oxygen atoms in total. The molecular weight excluding hydrogens is 412 g/mol. The Balaban J connectivity index is 2.06. The van der Waals surface area contributed by atoms with Crippen molar-refractivity contribution in [3.63, 3.8) is 0 Å². The van der Waals surface area contributed by atoms with Crippen LogP contribution in [0.3, 0.4) is 0 Å². The highest BCUT2D eigenvalue weighted by molar-refractivity contribution is 7.89. The van der Waals surface area contributed by atoms with Crippen molar-refractivity contribution in [3.8, 4) is 11.5 Å². The smallest absolute Gasteiger partial charge is 0.338 e. The topological polar surface area (TPSA) is 120 Å². The maximum absolute atomic E-state index is 12.6. The molecule has 30 heavy (non-hydrogen) atoms. The zero-order chi connectivity index (χ0) is 22.3. The van der Waals surface area contributed by atoms with E-state index in [-0.39, 0.29) is 17.3 Å². The number of nitrogens with one attached hydrogen (secondary N) is 2. The highest BCUT2D eigenvalue weighted by Gasteiger charge is 2.23. The van der Waals surface area contributed by atoms with Crippen molar-refractivity contribution in [2.24, 2.45) is 0 Å². The van der Waals surface area contributed by atoms with Gasteiger partial charge in [-0.25, -0.2) is 13.2 Å². The summed E-state index contributed by atoms with van der Waals surface area (Å²) in [6.07, 6.45) is 0. The maximum Gasteiger partial charge on any atom is 0.338 e. The molecule has 0 saturated heterocycles. The number of sulfonamides is 1. The van der Waals surface area contributed by atoms with Crippen LogP contribution in [0.4, 0.5) is 5.69 Å². The minimum Gasteiger partial charge on any atom is -0.493 e. The van der Waals surface area contributed by atoms with Crippen molar-refractivity contribution in [1.29, 1.82) is 0 Å². The SMILES string of the molecule is CCOC(=O)c1ccc(NC(=O)[C@@H](C)NS(=O)(=O)c2ccc(OC)c(OC)c2)cc1. The van der Waals surface area contributed by atoms with Crippen molar-refractivity contribution in [2.45, 2.75) is 24.8 Å². The molecule has 162 valence electrons. The molecule has 0 fully saturated rings. The molecule has 0 radical (unpaired) electrons. The van der Waals surface area contributed by atoms with Crippen LogP contribution < -0.4 is 19.5 Å². The second kappa shape index (κ2) is 10.1. The van der Waals surface area contributed by atoms with Crippen LogP contribution in [0.2, 0.25) is 0 Å². The maximum atomic E-state index is 12.6. The van der Waals surface area contributed by atoms with Gasteiger partial charge >= 0.3 is 5.97 Å². The Morgan fingerprint density at radius 1 is 1.00 bits per heavy atom. The van der Waals surface area contributed by atoms with Crippen LogP contribution in [-0.4, -0.2) is 47.2 Å². The van der Waals surface area contributed by atoms with Gasteiger partial charge in [0.25, 0.3) is 0 Å². The van der Waals surface area contributed by atoms with Gasteiger partial charge in [-0.05, 0) is 50.2 Å². The van der Waals surface area contributed by atoms with Gasteiger partial charge < -0.3 is 19.5 Å². The van der Waals surface area contributed by atoms with E-state index in [1.807, 2.05) is 0 Å². The van der Waals surface area contributed by atoms with Gasteiger partial charge in [-0.3, -0.25) is 4.79 Å². The van der Waals surface area contributed by atoms with Crippen molar-refractivity contribution in [2.75, 3.05) is 26.1 Å². The number of methoxy groups -OCH3 is 2. The van der Waals surface area contributed by atoms with E-state index in [2.05, 4.69) is 10.0 Å². The minimum atomic E-state index is -3.99. The number of benzene rings is 2. The lowest BCUT2D eigenvalue weighted by atomic mass is 10.2. The van der Waals surface area contributed by atoms with Crippen LogP contribution in [0.15, 0.2) is 47.4 Å². The normalized spacial score (nSPS) is 12.0. The molecule has 0 bridgehead atoms. The molecular formula is C20H24N2O7S. The van der Waals surface area contributed by atoms with Gasteiger partial charge in [0.2, 0.25) is 15.9 Å². The van der Waals surface area contributed by atoms with E-state index in [0.29, 0.717) is 17.0 Å². The minimum absolute atomic E-state index is 0.0708. The molecule has 2 aromatic rings. The molecule has 2 rings (SSSR count). The van der Waals surface area contributed by atoms with E-state index in [4.69, 9.17) is 14.2 Å². The summed E-state index contributed by atoms with van der Waals surface area (Å²) < 4.78 is 42.6. The largest absolute Gasteiger partial charge is 0.493 e. The molecule has 1 atom stereocenters. The molecule has 10 heteroatoms. The third kappa shape index (κ3) is 5.71. The molecule has 0 aliphatic carbocycles. The van der Waals surface area contributed by atoms with Crippen molar-refractivity contribution in [3.05, 3.63) is 48.0 Å². The summed E-state index contributed by atoms with van der Waals surface area (Å²) in [6.45, 7) is 3.38. The van der Waals surface area contributed by atoms with E-state index in [1.54, 1.807) is 6.92 Å². The summed E-state index contributed by atoms with van der Waals surface area (Å²) in [5.41, 5.74) is 0.752. The first-order chi connectivity index (χ1) is 14.2. The average molecular weight is 436 g/mol. The molecule has 0 aliphatic heterocycles. The Labute approximate surface area is 175 Å². The van der Waals surface area contributed by atoms with E-state index in [9.17, 15) is 18.0 Å². The summed E-state index contributed by atoms with van der Waals surface area (Å²) in [4.78, 5) is 24.0. The van der Waals surface area contributed by atoms with Crippen molar-refractivity contribution in [1.82, 2.24) is 4.72 Å². The second-order valence-electron chi connectivity index (χ2n) is 6.15. The fraction of sp³-hybridized carbons (Fsp3) is 0.300. The number of hydrogen-bond donors (Lipinski definition) is 2. The van der Waals surface area contributed by atoms with E-state index >= 15 is 0 Å². The number of hydrogen-bond acceptors (Lipinski definition) is 7. The Kier molecular flexibility index (Phi) is 7.79. The Bertz CT molecular complexity index is 1000. The summed E-state index contributed by atoms with van der Waals surface area (Å²) in [5.74, 6) is -0.401. The average Bonchev–Trinajstić information content (AvgIpc) is 2.73. The second-order valence-corrected chi connectivity index (χ2v) is 7.86. The van der Waals surface area contributed by atoms with Gasteiger partial charge in [-0.2, -0.15) is 4.72 Å². The first kappa shape index (κ1) is 23.2. The van der Waals surface area contributed by atoms with Crippen LogP contribution in [0.1, 0.15) is 24.2 Å². The Morgan fingerprint density at radius 2 is 1.63 bits per heavy atom. The Morgan fingerprint density at radius 3 is 2.20 bits per heavy atom. The van der Waals surface area contributed by atoms with Gasteiger partial charge in [0.15, 0.2) is 11.5 Å². The van der Waals surface area contributed by atoms with Crippen LogP contribution >= 0.6 is 0 Å². The third-order valence-corrected chi connectivity index (χ3v) is 5.59. The molecule has 0 heterocycles. The number of carbonyl (C=O) groups is 2. The van der Waals surface area contributed by atoms with Gasteiger partial charge in [0.05, 0.1) is 37.3 Å². The summed E-state index contributed by atoms with van der Waals surface area (Å²) >= 11 is 0. The van der Waals surface area contributed by atoms with Gasteiger partial charge in [-0.1, -0.05) is 0 Å². The number of esters is 1. The van der Waals surface area contributed by atoms with Gasteiger partial charge in [0, 0.05) is 11.8 Å². The molecule has 2 aromatic carbocycles.